The van der Waals surface area contributed by atoms with E-state index in [1.54, 1.807) is 31.6 Å². The fraction of sp³-hybridized carbons (Fsp3) is 0.214. The maximum absolute atomic E-state index is 11.1. The van der Waals surface area contributed by atoms with Crippen LogP contribution in [0.1, 0.15) is 23.7 Å². The standard InChI is InChI=1S/C14H13BrN2O3/c1-20-12-4-3-9(7-11(12)15)10(8-13(18)19)14-16-5-2-6-17-14/h2-7,10H,8H2,1H3,(H,18,19). The summed E-state index contributed by atoms with van der Waals surface area (Å²) >= 11 is 3.40. The first kappa shape index (κ1) is 14.5. The molecule has 1 heterocycles. The van der Waals surface area contributed by atoms with Gasteiger partial charge in [0.2, 0.25) is 0 Å². The van der Waals surface area contributed by atoms with Gasteiger partial charge >= 0.3 is 5.97 Å². The van der Waals surface area contributed by atoms with E-state index >= 15 is 0 Å². The predicted molar refractivity (Wildman–Crippen MR) is 76.8 cm³/mol. The van der Waals surface area contributed by atoms with Crippen LogP contribution in [0.3, 0.4) is 0 Å². The zero-order valence-electron chi connectivity index (χ0n) is 10.8. The molecule has 0 radical (unpaired) electrons. The van der Waals surface area contributed by atoms with Gasteiger partial charge in [-0.15, -0.1) is 0 Å². The molecule has 1 unspecified atom stereocenters. The SMILES string of the molecule is COc1ccc(C(CC(=O)O)c2ncccn2)cc1Br. The summed E-state index contributed by atoms with van der Waals surface area (Å²) in [5.74, 6) is -0.103. The molecular formula is C14H13BrN2O3. The number of aromatic nitrogens is 2. The molecule has 1 aromatic carbocycles. The van der Waals surface area contributed by atoms with Gasteiger partial charge < -0.3 is 9.84 Å². The van der Waals surface area contributed by atoms with Crippen molar-refractivity contribution >= 4 is 21.9 Å². The van der Waals surface area contributed by atoms with Gasteiger partial charge in [0, 0.05) is 12.4 Å². The summed E-state index contributed by atoms with van der Waals surface area (Å²) in [5.41, 5.74) is 0.825. The van der Waals surface area contributed by atoms with Crippen LogP contribution in [0.5, 0.6) is 5.75 Å². The number of rotatable bonds is 5. The molecule has 104 valence electrons. The number of ether oxygens (including phenoxy) is 1. The highest BCUT2D eigenvalue weighted by atomic mass is 79.9. The second kappa shape index (κ2) is 6.47. The summed E-state index contributed by atoms with van der Waals surface area (Å²) in [4.78, 5) is 19.4. The van der Waals surface area contributed by atoms with Crippen molar-refractivity contribution < 1.29 is 14.6 Å². The van der Waals surface area contributed by atoms with Gasteiger partial charge in [-0.1, -0.05) is 6.07 Å². The first-order chi connectivity index (χ1) is 9.61. The Labute approximate surface area is 124 Å². The molecule has 0 fully saturated rings. The lowest BCUT2D eigenvalue weighted by Crippen LogP contribution is -2.11. The van der Waals surface area contributed by atoms with Crippen LogP contribution >= 0.6 is 15.9 Å². The average Bonchev–Trinajstić information content (AvgIpc) is 2.45. The molecule has 20 heavy (non-hydrogen) atoms. The van der Waals surface area contributed by atoms with Crippen molar-refractivity contribution in [2.24, 2.45) is 0 Å². The molecule has 0 saturated carbocycles. The van der Waals surface area contributed by atoms with Crippen molar-refractivity contribution in [1.82, 2.24) is 9.97 Å². The van der Waals surface area contributed by atoms with Gasteiger partial charge in [-0.2, -0.15) is 0 Å². The van der Waals surface area contributed by atoms with E-state index < -0.39 is 11.9 Å². The van der Waals surface area contributed by atoms with Gasteiger partial charge in [-0.25, -0.2) is 9.97 Å². The third-order valence-corrected chi connectivity index (χ3v) is 3.47. The lowest BCUT2D eigenvalue weighted by molar-refractivity contribution is -0.137. The van der Waals surface area contributed by atoms with Gasteiger partial charge in [0.05, 0.1) is 23.9 Å². The molecule has 5 nitrogen and oxygen atoms in total. The first-order valence-corrected chi connectivity index (χ1v) is 6.73. The van der Waals surface area contributed by atoms with Crippen molar-refractivity contribution in [1.29, 1.82) is 0 Å². The Morgan fingerprint density at radius 3 is 2.65 bits per heavy atom. The van der Waals surface area contributed by atoms with Crippen LogP contribution in [-0.2, 0) is 4.79 Å². The Balaban J connectivity index is 2.41. The number of hydrogen-bond acceptors (Lipinski definition) is 4. The number of methoxy groups -OCH3 is 1. The second-order valence-electron chi connectivity index (χ2n) is 4.15. The Morgan fingerprint density at radius 1 is 1.40 bits per heavy atom. The monoisotopic (exact) mass is 336 g/mol. The molecule has 0 spiro atoms. The highest BCUT2D eigenvalue weighted by Gasteiger charge is 2.21. The molecule has 0 amide bonds. The van der Waals surface area contributed by atoms with Crippen molar-refractivity contribution in [3.05, 3.63) is 52.5 Å². The van der Waals surface area contributed by atoms with Crippen LogP contribution < -0.4 is 4.74 Å². The molecule has 1 aromatic heterocycles. The van der Waals surface area contributed by atoms with Gasteiger partial charge in [0.15, 0.2) is 0 Å². The summed E-state index contributed by atoms with van der Waals surface area (Å²) in [5, 5.41) is 9.08. The van der Waals surface area contributed by atoms with Crippen molar-refractivity contribution in [2.75, 3.05) is 7.11 Å². The minimum atomic E-state index is -0.894. The van der Waals surface area contributed by atoms with Crippen LogP contribution in [0, 0.1) is 0 Å². The summed E-state index contributed by atoms with van der Waals surface area (Å²) in [6.07, 6.45) is 3.15. The van der Waals surface area contributed by atoms with Crippen molar-refractivity contribution in [2.45, 2.75) is 12.3 Å². The van der Waals surface area contributed by atoms with E-state index in [2.05, 4.69) is 25.9 Å². The summed E-state index contributed by atoms with van der Waals surface area (Å²) in [6, 6.07) is 7.15. The van der Waals surface area contributed by atoms with Crippen LogP contribution in [0.15, 0.2) is 41.1 Å². The molecule has 0 aliphatic carbocycles. The third-order valence-electron chi connectivity index (χ3n) is 2.85. The quantitative estimate of drug-likeness (QED) is 0.908. The van der Waals surface area contributed by atoms with Crippen LogP contribution in [0.2, 0.25) is 0 Å². The highest BCUT2D eigenvalue weighted by molar-refractivity contribution is 9.10. The smallest absolute Gasteiger partial charge is 0.304 e. The minimum absolute atomic E-state index is 0.0667. The minimum Gasteiger partial charge on any atom is -0.496 e. The highest BCUT2D eigenvalue weighted by Crippen LogP contribution is 2.32. The number of nitrogens with zero attached hydrogens (tertiary/aromatic N) is 2. The molecule has 0 bridgehead atoms. The number of benzene rings is 1. The Hall–Kier alpha value is -1.95. The fourth-order valence-corrected chi connectivity index (χ4v) is 2.48. The van der Waals surface area contributed by atoms with E-state index in [-0.39, 0.29) is 6.42 Å². The number of carbonyl (C=O) groups is 1. The van der Waals surface area contributed by atoms with Gasteiger partial charge in [0.1, 0.15) is 11.6 Å². The summed E-state index contributed by atoms with van der Waals surface area (Å²) in [7, 11) is 1.58. The van der Waals surface area contributed by atoms with E-state index in [0.29, 0.717) is 11.6 Å². The van der Waals surface area contributed by atoms with Crippen LogP contribution in [-0.4, -0.2) is 28.2 Å². The molecular weight excluding hydrogens is 324 g/mol. The maximum atomic E-state index is 11.1. The second-order valence-corrected chi connectivity index (χ2v) is 5.01. The number of carboxylic acid groups (broad SMARTS) is 1. The van der Waals surface area contributed by atoms with Crippen molar-refractivity contribution in [3.63, 3.8) is 0 Å². The van der Waals surface area contributed by atoms with Gasteiger partial charge in [0.25, 0.3) is 0 Å². The topological polar surface area (TPSA) is 72.3 Å². The van der Waals surface area contributed by atoms with E-state index in [9.17, 15) is 4.79 Å². The Bertz CT molecular complexity index is 605. The molecule has 6 heteroatoms. The molecule has 0 aliphatic rings. The van der Waals surface area contributed by atoms with Gasteiger partial charge in [-0.05, 0) is 39.7 Å². The third kappa shape index (κ3) is 3.33. The fourth-order valence-electron chi connectivity index (χ4n) is 1.92. The van der Waals surface area contributed by atoms with Crippen molar-refractivity contribution in [3.8, 4) is 5.75 Å². The van der Waals surface area contributed by atoms with Crippen LogP contribution in [0.4, 0.5) is 0 Å². The Morgan fingerprint density at radius 2 is 2.10 bits per heavy atom. The Kier molecular flexibility index (Phi) is 4.68. The number of hydrogen-bond donors (Lipinski definition) is 1. The first-order valence-electron chi connectivity index (χ1n) is 5.94. The molecule has 1 N–H and O–H groups in total. The molecule has 2 rings (SSSR count). The molecule has 1 atom stereocenters. The van der Waals surface area contributed by atoms with E-state index in [1.807, 2.05) is 12.1 Å². The summed E-state index contributed by atoms with van der Waals surface area (Å²) in [6.45, 7) is 0. The lowest BCUT2D eigenvalue weighted by atomic mass is 9.94. The lowest BCUT2D eigenvalue weighted by Gasteiger charge is -2.15. The normalized spacial score (nSPS) is 11.9. The van der Waals surface area contributed by atoms with E-state index in [1.165, 1.54) is 0 Å². The van der Waals surface area contributed by atoms with E-state index in [4.69, 9.17) is 9.84 Å². The molecule has 0 saturated heterocycles. The molecule has 0 aliphatic heterocycles. The number of halogens is 1. The molecule has 2 aromatic rings. The average molecular weight is 337 g/mol. The predicted octanol–water partition coefficient (Wildman–Crippen LogP) is 2.85. The summed E-state index contributed by atoms with van der Waals surface area (Å²) < 4.78 is 5.94. The largest absolute Gasteiger partial charge is 0.496 e. The zero-order chi connectivity index (χ0) is 14.5. The number of carboxylic acids is 1. The maximum Gasteiger partial charge on any atom is 0.304 e. The number of aliphatic carboxylic acids is 1. The zero-order valence-corrected chi connectivity index (χ0v) is 12.4. The van der Waals surface area contributed by atoms with Crippen LogP contribution in [0.25, 0.3) is 0 Å². The van der Waals surface area contributed by atoms with Gasteiger partial charge in [-0.3, -0.25) is 4.79 Å². The van der Waals surface area contributed by atoms with E-state index in [0.717, 1.165) is 10.0 Å².